The van der Waals surface area contributed by atoms with Crippen LogP contribution in [0.4, 0.5) is 5.69 Å². The molecule has 7 heteroatoms. The minimum atomic E-state index is -0.277. The number of anilines is 1. The molecule has 2 rings (SSSR count). The first-order valence-corrected chi connectivity index (χ1v) is 8.20. The van der Waals surface area contributed by atoms with Gasteiger partial charge in [-0.2, -0.15) is 0 Å². The van der Waals surface area contributed by atoms with Gasteiger partial charge in [0.1, 0.15) is 0 Å². The van der Waals surface area contributed by atoms with E-state index in [9.17, 15) is 4.79 Å². The van der Waals surface area contributed by atoms with Crippen molar-refractivity contribution in [1.82, 2.24) is 0 Å². The van der Waals surface area contributed by atoms with Crippen LogP contribution < -0.4 is 11.1 Å². The Balaban J connectivity index is 1.91. The topological polar surface area (TPSA) is 76.7 Å². The summed E-state index contributed by atoms with van der Waals surface area (Å²) >= 11 is 4.78. The molecule has 0 spiro atoms. The summed E-state index contributed by atoms with van der Waals surface area (Å²) in [6.07, 6.45) is 0. The van der Waals surface area contributed by atoms with Gasteiger partial charge in [0.2, 0.25) is 0 Å². The Kier molecular flexibility index (Phi) is 5.57. The fourth-order valence-corrected chi connectivity index (χ4v) is 3.16. The maximum Gasteiger partial charge on any atom is 0.265 e. The van der Waals surface area contributed by atoms with Crippen LogP contribution in [0.15, 0.2) is 39.3 Å². The molecular weight excluding hydrogens is 366 g/mol. The number of rotatable bonds is 5. The van der Waals surface area contributed by atoms with E-state index in [4.69, 9.17) is 10.6 Å². The monoisotopic (exact) mass is 381 g/mol. The summed E-state index contributed by atoms with van der Waals surface area (Å²) in [6.45, 7) is 3.68. The quantitative estimate of drug-likeness (QED) is 0.473. The molecule has 1 aromatic carbocycles. The van der Waals surface area contributed by atoms with Gasteiger partial charge in [0.15, 0.2) is 12.4 Å². The van der Waals surface area contributed by atoms with Crippen molar-refractivity contribution in [2.45, 2.75) is 13.8 Å². The SMILES string of the molecule is Cc1cccc(C)c1NC(=O)CO/N=C(/N)c1cc(Br)cs1. The zero-order valence-electron chi connectivity index (χ0n) is 12.2. The number of hydrogen-bond acceptors (Lipinski definition) is 4. The summed E-state index contributed by atoms with van der Waals surface area (Å²) in [5.74, 6) is -0.0307. The van der Waals surface area contributed by atoms with Crippen LogP contribution in [0, 0.1) is 13.8 Å². The van der Waals surface area contributed by atoms with E-state index in [2.05, 4.69) is 26.4 Å². The van der Waals surface area contributed by atoms with Crippen LogP contribution >= 0.6 is 27.3 Å². The smallest absolute Gasteiger partial charge is 0.265 e. The van der Waals surface area contributed by atoms with Crippen molar-refractivity contribution in [3.8, 4) is 0 Å². The maximum absolute atomic E-state index is 11.9. The number of aryl methyl sites for hydroxylation is 2. The van der Waals surface area contributed by atoms with E-state index >= 15 is 0 Å². The number of amides is 1. The number of carbonyl (C=O) groups is 1. The molecule has 0 atom stereocenters. The van der Waals surface area contributed by atoms with Gasteiger partial charge in [-0.05, 0) is 47.0 Å². The van der Waals surface area contributed by atoms with Gasteiger partial charge in [-0.15, -0.1) is 11.3 Å². The van der Waals surface area contributed by atoms with Crippen LogP contribution in [0.3, 0.4) is 0 Å². The molecular formula is C15H16BrN3O2S. The number of nitrogens with zero attached hydrogens (tertiary/aromatic N) is 1. The fraction of sp³-hybridized carbons (Fsp3) is 0.200. The molecule has 0 saturated heterocycles. The summed E-state index contributed by atoms with van der Waals surface area (Å²) < 4.78 is 0.929. The van der Waals surface area contributed by atoms with Gasteiger partial charge in [0.25, 0.3) is 5.91 Å². The van der Waals surface area contributed by atoms with Crippen LogP contribution in [0.5, 0.6) is 0 Å². The van der Waals surface area contributed by atoms with Crippen LogP contribution in [-0.4, -0.2) is 18.3 Å². The van der Waals surface area contributed by atoms with E-state index < -0.39 is 0 Å². The minimum absolute atomic E-state index is 0.193. The lowest BCUT2D eigenvalue weighted by Gasteiger charge is -2.10. The molecule has 0 aliphatic rings. The number of carbonyl (C=O) groups excluding carboxylic acids is 1. The van der Waals surface area contributed by atoms with Crippen LogP contribution in [0.2, 0.25) is 0 Å². The van der Waals surface area contributed by atoms with Gasteiger partial charge in [0, 0.05) is 15.5 Å². The van der Waals surface area contributed by atoms with Gasteiger partial charge in [-0.1, -0.05) is 23.4 Å². The molecule has 0 unspecified atom stereocenters. The first-order chi connectivity index (χ1) is 10.5. The van der Waals surface area contributed by atoms with Gasteiger partial charge < -0.3 is 15.9 Å². The predicted molar refractivity (Wildman–Crippen MR) is 93.2 cm³/mol. The van der Waals surface area contributed by atoms with Crippen LogP contribution in [-0.2, 0) is 9.63 Å². The molecule has 1 amide bonds. The molecule has 1 heterocycles. The Morgan fingerprint density at radius 3 is 2.68 bits per heavy atom. The Morgan fingerprint density at radius 1 is 1.41 bits per heavy atom. The van der Waals surface area contributed by atoms with Crippen LogP contribution in [0.25, 0.3) is 0 Å². The lowest BCUT2D eigenvalue weighted by atomic mass is 10.1. The summed E-state index contributed by atoms with van der Waals surface area (Å²) in [4.78, 5) is 17.7. The highest BCUT2D eigenvalue weighted by Crippen LogP contribution is 2.20. The van der Waals surface area contributed by atoms with Crippen molar-refractivity contribution < 1.29 is 9.63 Å². The van der Waals surface area contributed by atoms with Crippen molar-refractivity contribution in [1.29, 1.82) is 0 Å². The predicted octanol–water partition coefficient (Wildman–Crippen LogP) is 3.40. The van der Waals surface area contributed by atoms with Crippen molar-refractivity contribution in [3.63, 3.8) is 0 Å². The zero-order valence-corrected chi connectivity index (χ0v) is 14.6. The molecule has 2 aromatic rings. The van der Waals surface area contributed by atoms with Crippen molar-refractivity contribution in [3.05, 3.63) is 50.1 Å². The van der Waals surface area contributed by atoms with Gasteiger partial charge >= 0.3 is 0 Å². The number of hydrogen-bond donors (Lipinski definition) is 2. The van der Waals surface area contributed by atoms with Gasteiger partial charge in [-0.25, -0.2) is 0 Å². The highest BCUT2D eigenvalue weighted by atomic mass is 79.9. The zero-order chi connectivity index (χ0) is 16.1. The standard InChI is InChI=1S/C15H16BrN3O2S/c1-9-4-3-5-10(2)14(9)18-13(20)7-21-19-15(17)12-6-11(16)8-22-12/h3-6,8H,7H2,1-2H3,(H2,17,19)(H,18,20). The summed E-state index contributed by atoms with van der Waals surface area (Å²) in [6, 6.07) is 7.66. The molecule has 22 heavy (non-hydrogen) atoms. The molecule has 0 aliphatic carbocycles. The van der Waals surface area contributed by atoms with Crippen molar-refractivity contribution >= 4 is 44.7 Å². The first-order valence-electron chi connectivity index (χ1n) is 6.53. The van der Waals surface area contributed by atoms with E-state index in [-0.39, 0.29) is 18.3 Å². The average molecular weight is 382 g/mol. The Hall–Kier alpha value is -1.86. The highest BCUT2D eigenvalue weighted by molar-refractivity contribution is 9.10. The molecule has 0 aliphatic heterocycles. The molecule has 0 bridgehead atoms. The number of halogens is 1. The van der Waals surface area contributed by atoms with E-state index in [1.807, 2.05) is 43.5 Å². The van der Waals surface area contributed by atoms with Gasteiger partial charge in [0.05, 0.1) is 4.88 Å². The minimum Gasteiger partial charge on any atom is -0.384 e. The molecule has 1 aromatic heterocycles. The van der Waals surface area contributed by atoms with Crippen LogP contribution in [0.1, 0.15) is 16.0 Å². The summed E-state index contributed by atoms with van der Waals surface area (Å²) in [5.41, 5.74) is 8.58. The molecule has 116 valence electrons. The number of oxime groups is 1. The summed E-state index contributed by atoms with van der Waals surface area (Å²) in [7, 11) is 0. The fourth-order valence-electron chi connectivity index (χ4n) is 1.84. The number of nitrogens with two attached hydrogens (primary N) is 1. The number of amidine groups is 1. The van der Waals surface area contributed by atoms with E-state index in [1.54, 1.807) is 0 Å². The second-order valence-corrected chi connectivity index (χ2v) is 6.52. The maximum atomic E-state index is 11.9. The highest BCUT2D eigenvalue weighted by Gasteiger charge is 2.08. The Bertz CT molecular complexity index is 692. The molecule has 5 nitrogen and oxygen atoms in total. The number of para-hydroxylation sites is 1. The second-order valence-electron chi connectivity index (χ2n) is 4.69. The third kappa shape index (κ3) is 4.32. The molecule has 0 radical (unpaired) electrons. The lowest BCUT2D eigenvalue weighted by molar-refractivity contribution is -0.120. The number of benzene rings is 1. The van der Waals surface area contributed by atoms with Gasteiger partial charge in [-0.3, -0.25) is 4.79 Å². The molecule has 0 fully saturated rings. The largest absolute Gasteiger partial charge is 0.384 e. The average Bonchev–Trinajstić information content (AvgIpc) is 2.90. The van der Waals surface area contributed by atoms with E-state index in [1.165, 1.54) is 11.3 Å². The summed E-state index contributed by atoms with van der Waals surface area (Å²) in [5, 5.41) is 8.47. The lowest BCUT2D eigenvalue weighted by Crippen LogP contribution is -2.20. The third-order valence-electron chi connectivity index (χ3n) is 2.92. The molecule has 3 N–H and O–H groups in total. The first kappa shape index (κ1) is 16.5. The van der Waals surface area contributed by atoms with E-state index in [0.717, 1.165) is 26.2 Å². The Morgan fingerprint density at radius 2 is 2.09 bits per heavy atom. The third-order valence-corrected chi connectivity index (χ3v) is 4.64. The van der Waals surface area contributed by atoms with Crippen molar-refractivity contribution in [2.24, 2.45) is 10.9 Å². The number of thiophene rings is 1. The molecule has 0 saturated carbocycles. The second kappa shape index (κ2) is 7.42. The number of nitrogens with one attached hydrogen (secondary N) is 1. The van der Waals surface area contributed by atoms with Crippen molar-refractivity contribution in [2.75, 3.05) is 11.9 Å². The van der Waals surface area contributed by atoms with E-state index in [0.29, 0.717) is 0 Å². The Labute approximate surface area is 141 Å². The normalized spacial score (nSPS) is 11.3.